The number of aromatic carboxylic acids is 1. The number of hydrogen-bond donors (Lipinski definition) is 1. The highest BCUT2D eigenvalue weighted by Gasteiger charge is 2.20. The molecule has 4 nitrogen and oxygen atoms in total. The zero-order valence-electron chi connectivity index (χ0n) is 9.47. The van der Waals surface area contributed by atoms with Gasteiger partial charge < -0.3 is 10.0 Å². The molecular formula is C12H15FN2O2. The lowest BCUT2D eigenvalue weighted by molar-refractivity contribution is 0.0696. The smallest absolute Gasteiger partial charge is 0.337 e. The van der Waals surface area contributed by atoms with Crippen LogP contribution in [0.4, 0.5) is 10.2 Å². The zero-order chi connectivity index (χ0) is 12.3. The van der Waals surface area contributed by atoms with Gasteiger partial charge in [0.25, 0.3) is 0 Å². The first-order chi connectivity index (χ1) is 8.20. The molecule has 1 unspecified atom stereocenters. The summed E-state index contributed by atoms with van der Waals surface area (Å²) in [4.78, 5) is 16.8. The molecule has 1 aliphatic heterocycles. The van der Waals surface area contributed by atoms with Crippen molar-refractivity contribution in [2.45, 2.75) is 12.8 Å². The Bertz CT molecular complexity index is 394. The quantitative estimate of drug-likeness (QED) is 0.874. The van der Waals surface area contributed by atoms with Crippen LogP contribution in [0.15, 0.2) is 18.3 Å². The second-order valence-corrected chi connectivity index (χ2v) is 4.32. The fraction of sp³-hybridized carbons (Fsp3) is 0.500. The predicted molar refractivity (Wildman–Crippen MR) is 62.1 cm³/mol. The summed E-state index contributed by atoms with van der Waals surface area (Å²) in [5, 5.41) is 8.76. The van der Waals surface area contributed by atoms with Crippen molar-refractivity contribution in [2.24, 2.45) is 5.92 Å². The van der Waals surface area contributed by atoms with Gasteiger partial charge in [-0.1, -0.05) is 0 Å². The van der Waals surface area contributed by atoms with Crippen LogP contribution in [0.25, 0.3) is 0 Å². The molecule has 92 valence electrons. The van der Waals surface area contributed by atoms with Crippen molar-refractivity contribution in [3.05, 3.63) is 23.9 Å². The molecule has 0 radical (unpaired) electrons. The number of carboxylic acid groups (broad SMARTS) is 1. The molecule has 2 heterocycles. The van der Waals surface area contributed by atoms with E-state index in [9.17, 15) is 9.18 Å². The second kappa shape index (κ2) is 5.12. The number of hydrogen-bond acceptors (Lipinski definition) is 3. The molecule has 1 fully saturated rings. The summed E-state index contributed by atoms with van der Waals surface area (Å²) in [6, 6.07) is 3.22. The summed E-state index contributed by atoms with van der Waals surface area (Å²) in [5.41, 5.74) is 0.174. The van der Waals surface area contributed by atoms with Crippen molar-refractivity contribution >= 4 is 11.8 Å². The molecule has 1 N–H and O–H groups in total. The number of anilines is 1. The number of aromatic nitrogens is 1. The van der Waals surface area contributed by atoms with E-state index in [1.54, 1.807) is 6.07 Å². The van der Waals surface area contributed by atoms with Crippen LogP contribution in [-0.2, 0) is 0 Å². The summed E-state index contributed by atoms with van der Waals surface area (Å²) in [6.45, 7) is 1.22. The predicted octanol–water partition coefficient (Wildman–Crippen LogP) is 1.97. The first-order valence-electron chi connectivity index (χ1n) is 5.71. The number of alkyl halides is 1. The highest BCUT2D eigenvalue weighted by molar-refractivity contribution is 5.87. The van der Waals surface area contributed by atoms with Crippen LogP contribution in [0.3, 0.4) is 0 Å². The standard InChI is InChI=1S/C12H15FN2O2/c13-6-9-2-1-5-15(8-9)11-4-3-10(7-14-11)12(16)17/h3-4,7,9H,1-2,5-6,8H2,(H,16,17). The van der Waals surface area contributed by atoms with Crippen molar-refractivity contribution in [2.75, 3.05) is 24.7 Å². The zero-order valence-corrected chi connectivity index (χ0v) is 9.47. The van der Waals surface area contributed by atoms with Gasteiger partial charge in [0.15, 0.2) is 0 Å². The molecule has 0 spiro atoms. The van der Waals surface area contributed by atoms with Crippen LogP contribution in [0, 0.1) is 5.92 Å². The number of nitrogens with zero attached hydrogens (tertiary/aromatic N) is 2. The van der Waals surface area contributed by atoms with Crippen LogP contribution in [-0.4, -0.2) is 35.8 Å². The van der Waals surface area contributed by atoms with Gasteiger partial charge in [-0.2, -0.15) is 0 Å². The van der Waals surface area contributed by atoms with E-state index >= 15 is 0 Å². The van der Waals surface area contributed by atoms with Gasteiger partial charge in [-0.25, -0.2) is 9.78 Å². The summed E-state index contributed by atoms with van der Waals surface area (Å²) in [7, 11) is 0. The molecule has 0 aromatic carbocycles. The van der Waals surface area contributed by atoms with Gasteiger partial charge in [-0.3, -0.25) is 4.39 Å². The molecule has 0 bridgehead atoms. The first kappa shape index (κ1) is 11.8. The number of pyridine rings is 1. The lowest BCUT2D eigenvalue weighted by Crippen LogP contribution is -2.36. The summed E-state index contributed by atoms with van der Waals surface area (Å²) < 4.78 is 12.6. The van der Waals surface area contributed by atoms with Crippen molar-refractivity contribution in [1.29, 1.82) is 0 Å². The van der Waals surface area contributed by atoms with E-state index in [0.717, 1.165) is 25.2 Å². The molecule has 1 aliphatic rings. The van der Waals surface area contributed by atoms with Gasteiger partial charge in [-0.05, 0) is 25.0 Å². The topological polar surface area (TPSA) is 53.4 Å². The van der Waals surface area contributed by atoms with Gasteiger partial charge in [-0.15, -0.1) is 0 Å². The van der Waals surface area contributed by atoms with E-state index in [2.05, 4.69) is 4.98 Å². The monoisotopic (exact) mass is 238 g/mol. The molecule has 2 rings (SSSR count). The number of piperidine rings is 1. The Balaban J connectivity index is 2.08. The van der Waals surface area contributed by atoms with Crippen LogP contribution in [0.5, 0.6) is 0 Å². The summed E-state index contributed by atoms with van der Waals surface area (Å²) in [6.07, 6.45) is 3.22. The van der Waals surface area contributed by atoms with E-state index < -0.39 is 5.97 Å². The lowest BCUT2D eigenvalue weighted by Gasteiger charge is -2.32. The van der Waals surface area contributed by atoms with Crippen LogP contribution in [0.1, 0.15) is 23.2 Å². The fourth-order valence-corrected chi connectivity index (χ4v) is 2.10. The van der Waals surface area contributed by atoms with E-state index in [4.69, 9.17) is 5.11 Å². The molecule has 0 saturated carbocycles. The second-order valence-electron chi connectivity index (χ2n) is 4.32. The summed E-state index contributed by atoms with van der Waals surface area (Å²) in [5.74, 6) is -0.179. The maximum Gasteiger partial charge on any atom is 0.337 e. The van der Waals surface area contributed by atoms with Gasteiger partial charge in [0.2, 0.25) is 0 Å². The number of carboxylic acids is 1. The first-order valence-corrected chi connectivity index (χ1v) is 5.71. The SMILES string of the molecule is O=C(O)c1ccc(N2CCCC(CF)C2)nc1. The molecule has 17 heavy (non-hydrogen) atoms. The van der Waals surface area contributed by atoms with Crippen LogP contribution in [0.2, 0.25) is 0 Å². The molecule has 1 aromatic heterocycles. The van der Waals surface area contributed by atoms with E-state index in [1.165, 1.54) is 12.3 Å². The third-order valence-corrected chi connectivity index (χ3v) is 3.06. The average molecular weight is 238 g/mol. The van der Waals surface area contributed by atoms with Crippen molar-refractivity contribution in [3.63, 3.8) is 0 Å². The third-order valence-electron chi connectivity index (χ3n) is 3.06. The van der Waals surface area contributed by atoms with Gasteiger partial charge in [0.1, 0.15) is 5.82 Å². The maximum absolute atomic E-state index is 12.6. The minimum Gasteiger partial charge on any atom is -0.478 e. The van der Waals surface area contributed by atoms with Crippen LogP contribution >= 0.6 is 0 Å². The Kier molecular flexibility index (Phi) is 3.56. The van der Waals surface area contributed by atoms with Crippen molar-refractivity contribution in [3.8, 4) is 0 Å². The minimum atomic E-state index is -0.982. The van der Waals surface area contributed by atoms with Crippen molar-refractivity contribution < 1.29 is 14.3 Å². The third kappa shape index (κ3) is 2.72. The molecule has 0 aliphatic carbocycles. The Morgan fingerprint density at radius 2 is 2.41 bits per heavy atom. The molecule has 1 atom stereocenters. The average Bonchev–Trinajstić information content (AvgIpc) is 2.39. The number of carbonyl (C=O) groups is 1. The molecule has 0 amide bonds. The Morgan fingerprint density at radius 3 is 3.00 bits per heavy atom. The highest BCUT2D eigenvalue weighted by atomic mass is 19.1. The van der Waals surface area contributed by atoms with E-state index in [1.807, 2.05) is 4.90 Å². The Labute approximate surface area is 99.1 Å². The summed E-state index contributed by atoms with van der Waals surface area (Å²) >= 11 is 0. The highest BCUT2D eigenvalue weighted by Crippen LogP contribution is 2.21. The van der Waals surface area contributed by atoms with Gasteiger partial charge >= 0.3 is 5.97 Å². The number of rotatable bonds is 3. The Morgan fingerprint density at radius 1 is 1.59 bits per heavy atom. The van der Waals surface area contributed by atoms with Crippen LogP contribution < -0.4 is 4.90 Å². The number of halogens is 1. The lowest BCUT2D eigenvalue weighted by atomic mass is 9.99. The Hall–Kier alpha value is -1.65. The van der Waals surface area contributed by atoms with E-state index in [-0.39, 0.29) is 18.2 Å². The van der Waals surface area contributed by atoms with Gasteiger partial charge in [0, 0.05) is 25.2 Å². The fourth-order valence-electron chi connectivity index (χ4n) is 2.10. The van der Waals surface area contributed by atoms with Crippen molar-refractivity contribution in [1.82, 2.24) is 4.98 Å². The normalized spacial score (nSPS) is 20.3. The van der Waals surface area contributed by atoms with Gasteiger partial charge in [0.05, 0.1) is 12.2 Å². The largest absolute Gasteiger partial charge is 0.478 e. The molecule has 1 aromatic rings. The minimum absolute atomic E-state index is 0.0738. The molecule has 1 saturated heterocycles. The van der Waals surface area contributed by atoms with E-state index in [0.29, 0.717) is 6.54 Å². The molecular weight excluding hydrogens is 223 g/mol. The maximum atomic E-state index is 12.6. The molecule has 5 heteroatoms.